The normalized spacial score (nSPS) is 24.9. The third kappa shape index (κ3) is 3.43. The van der Waals surface area contributed by atoms with Crippen LogP contribution in [-0.4, -0.2) is 15.8 Å². The lowest BCUT2D eigenvalue weighted by Crippen LogP contribution is -2.44. The maximum Gasteiger partial charge on any atom is 0.0738 e. The van der Waals surface area contributed by atoms with Crippen LogP contribution in [0, 0.1) is 18.8 Å². The average Bonchev–Trinajstić information content (AvgIpc) is 2.73. The fraction of sp³-hybridized carbons (Fsp3) is 0.800. The predicted molar refractivity (Wildman–Crippen MR) is 86.3 cm³/mol. The summed E-state index contributed by atoms with van der Waals surface area (Å²) >= 11 is 3.68. The maximum absolute atomic E-state index is 5.84. The van der Waals surface area contributed by atoms with Crippen LogP contribution in [0.25, 0.3) is 0 Å². The average molecular weight is 343 g/mol. The van der Waals surface area contributed by atoms with E-state index < -0.39 is 0 Å². The van der Waals surface area contributed by atoms with Crippen LogP contribution in [0.2, 0.25) is 0 Å². The van der Waals surface area contributed by atoms with Gasteiger partial charge in [-0.05, 0) is 54.5 Å². The summed E-state index contributed by atoms with van der Waals surface area (Å²) in [7, 11) is 0. The second-order valence-electron chi connectivity index (χ2n) is 6.16. The van der Waals surface area contributed by atoms with Crippen molar-refractivity contribution in [3.8, 4) is 0 Å². The van der Waals surface area contributed by atoms with Gasteiger partial charge in [-0.25, -0.2) is 0 Å². The smallest absolute Gasteiger partial charge is 0.0738 e. The third-order valence-electron chi connectivity index (χ3n) is 4.71. The van der Waals surface area contributed by atoms with E-state index in [0.717, 1.165) is 29.1 Å². The quantitative estimate of drug-likeness (QED) is 0.638. The third-order valence-corrected chi connectivity index (χ3v) is 5.74. The van der Waals surface area contributed by atoms with Crippen molar-refractivity contribution in [3.63, 3.8) is 0 Å². The molecule has 4 nitrogen and oxygen atoms in total. The van der Waals surface area contributed by atoms with Crippen molar-refractivity contribution in [1.29, 1.82) is 0 Å². The van der Waals surface area contributed by atoms with Gasteiger partial charge in [-0.15, -0.1) is 0 Å². The Kier molecular flexibility index (Phi) is 5.64. The number of hydrogen-bond acceptors (Lipinski definition) is 3. The Labute approximate surface area is 130 Å². The van der Waals surface area contributed by atoms with Gasteiger partial charge in [0.05, 0.1) is 15.9 Å². The zero-order valence-corrected chi connectivity index (χ0v) is 14.4. The highest BCUT2D eigenvalue weighted by Gasteiger charge is 2.27. The molecule has 1 fully saturated rings. The molecule has 0 aromatic carbocycles. The Morgan fingerprint density at radius 2 is 2.05 bits per heavy atom. The Morgan fingerprint density at radius 3 is 2.60 bits per heavy atom. The summed E-state index contributed by atoms with van der Waals surface area (Å²) in [5.74, 6) is 7.40. The summed E-state index contributed by atoms with van der Waals surface area (Å²) in [6.07, 6.45) is 6.18. The molecule has 3 N–H and O–H groups in total. The first-order valence-electron chi connectivity index (χ1n) is 7.74. The maximum atomic E-state index is 5.84. The van der Waals surface area contributed by atoms with Crippen molar-refractivity contribution in [1.82, 2.24) is 15.2 Å². The number of nitrogens with two attached hydrogens (primary N) is 1. The molecule has 1 atom stereocenters. The number of nitrogens with zero attached hydrogens (tertiary/aromatic N) is 2. The number of aromatic nitrogens is 2. The van der Waals surface area contributed by atoms with E-state index in [1.54, 1.807) is 0 Å². The van der Waals surface area contributed by atoms with Crippen molar-refractivity contribution >= 4 is 15.9 Å². The second-order valence-corrected chi connectivity index (χ2v) is 6.95. The lowest BCUT2D eigenvalue weighted by atomic mass is 9.78. The highest BCUT2D eigenvalue weighted by atomic mass is 79.9. The molecular formula is C15H27BrN4. The molecule has 1 unspecified atom stereocenters. The van der Waals surface area contributed by atoms with Crippen LogP contribution in [-0.2, 0) is 13.0 Å². The van der Waals surface area contributed by atoms with Crippen LogP contribution in [0.1, 0.15) is 50.9 Å². The number of hydrazine groups is 1. The summed E-state index contributed by atoms with van der Waals surface area (Å²) < 4.78 is 3.23. The van der Waals surface area contributed by atoms with E-state index in [9.17, 15) is 0 Å². The van der Waals surface area contributed by atoms with Crippen molar-refractivity contribution in [2.24, 2.45) is 17.7 Å². The van der Waals surface area contributed by atoms with Gasteiger partial charge in [-0.1, -0.05) is 19.8 Å². The molecule has 0 spiro atoms. The fourth-order valence-electron chi connectivity index (χ4n) is 3.32. The van der Waals surface area contributed by atoms with E-state index in [-0.39, 0.29) is 0 Å². The molecule has 0 amide bonds. The number of rotatable bonds is 5. The van der Waals surface area contributed by atoms with Crippen LogP contribution in [0.3, 0.4) is 0 Å². The Balaban J connectivity index is 2.10. The summed E-state index contributed by atoms with van der Waals surface area (Å²) in [4.78, 5) is 0. The van der Waals surface area contributed by atoms with Gasteiger partial charge >= 0.3 is 0 Å². The zero-order chi connectivity index (χ0) is 14.7. The molecule has 1 aliphatic carbocycles. The summed E-state index contributed by atoms with van der Waals surface area (Å²) in [6, 6.07) is 0.347. The highest BCUT2D eigenvalue weighted by Crippen LogP contribution is 2.32. The molecule has 20 heavy (non-hydrogen) atoms. The number of halogens is 1. The van der Waals surface area contributed by atoms with E-state index >= 15 is 0 Å². The van der Waals surface area contributed by atoms with Gasteiger partial charge in [0.15, 0.2) is 0 Å². The van der Waals surface area contributed by atoms with E-state index in [4.69, 9.17) is 5.84 Å². The van der Waals surface area contributed by atoms with Gasteiger partial charge < -0.3 is 0 Å². The molecule has 0 saturated heterocycles. The monoisotopic (exact) mass is 342 g/mol. The van der Waals surface area contributed by atoms with Crippen molar-refractivity contribution in [2.45, 2.75) is 65.5 Å². The second kappa shape index (κ2) is 7.05. The van der Waals surface area contributed by atoms with Crippen molar-refractivity contribution in [2.75, 3.05) is 0 Å². The largest absolute Gasteiger partial charge is 0.271 e. The van der Waals surface area contributed by atoms with E-state index in [2.05, 4.69) is 45.0 Å². The minimum absolute atomic E-state index is 0.347. The first-order chi connectivity index (χ1) is 9.56. The minimum Gasteiger partial charge on any atom is -0.271 e. The van der Waals surface area contributed by atoms with Crippen LogP contribution in [0.4, 0.5) is 0 Å². The molecular weight excluding hydrogens is 316 g/mol. The Hall–Kier alpha value is -0.390. The Morgan fingerprint density at radius 1 is 1.40 bits per heavy atom. The van der Waals surface area contributed by atoms with Crippen LogP contribution < -0.4 is 11.3 Å². The van der Waals surface area contributed by atoms with Gasteiger partial charge in [-0.3, -0.25) is 16.0 Å². The molecule has 114 valence electrons. The molecule has 5 heteroatoms. The SMILES string of the molecule is CCn1nc(C)c(Br)c1CC(NN)C1CCC(C)CC1. The van der Waals surface area contributed by atoms with Crippen LogP contribution in [0.15, 0.2) is 4.47 Å². The zero-order valence-electron chi connectivity index (χ0n) is 12.8. The topological polar surface area (TPSA) is 55.9 Å². The number of hydrogen-bond donors (Lipinski definition) is 2. The molecule has 1 aromatic heterocycles. The number of aryl methyl sites for hydroxylation is 2. The van der Waals surface area contributed by atoms with Gasteiger partial charge in [0.1, 0.15) is 0 Å². The van der Waals surface area contributed by atoms with E-state index in [1.807, 2.05) is 6.92 Å². The van der Waals surface area contributed by atoms with Crippen LogP contribution >= 0.6 is 15.9 Å². The molecule has 2 rings (SSSR count). The van der Waals surface area contributed by atoms with Gasteiger partial charge in [0, 0.05) is 19.0 Å². The highest BCUT2D eigenvalue weighted by molar-refractivity contribution is 9.10. The molecule has 0 bridgehead atoms. The van der Waals surface area contributed by atoms with E-state index in [0.29, 0.717) is 12.0 Å². The fourth-order valence-corrected chi connectivity index (χ4v) is 3.77. The van der Waals surface area contributed by atoms with Gasteiger partial charge in [0.25, 0.3) is 0 Å². The van der Waals surface area contributed by atoms with Gasteiger partial charge in [-0.2, -0.15) is 5.10 Å². The standard InChI is InChI=1S/C15H27BrN4/c1-4-20-14(15(16)11(3)19-20)9-13(18-17)12-7-5-10(2)6-8-12/h10,12-13,18H,4-9,17H2,1-3H3. The number of nitrogens with one attached hydrogen (secondary N) is 1. The molecule has 1 saturated carbocycles. The molecule has 1 aliphatic rings. The van der Waals surface area contributed by atoms with Crippen LogP contribution in [0.5, 0.6) is 0 Å². The first-order valence-corrected chi connectivity index (χ1v) is 8.54. The van der Waals surface area contributed by atoms with E-state index in [1.165, 1.54) is 31.4 Å². The summed E-state index contributed by atoms with van der Waals surface area (Å²) in [5, 5.41) is 4.57. The molecule has 1 aromatic rings. The minimum atomic E-state index is 0.347. The molecule has 0 aliphatic heterocycles. The predicted octanol–water partition coefficient (Wildman–Crippen LogP) is 3.17. The summed E-state index contributed by atoms with van der Waals surface area (Å²) in [5.41, 5.74) is 5.40. The summed E-state index contributed by atoms with van der Waals surface area (Å²) in [6.45, 7) is 7.44. The van der Waals surface area contributed by atoms with Crippen molar-refractivity contribution < 1.29 is 0 Å². The first kappa shape index (κ1) is 16.0. The molecule has 1 heterocycles. The van der Waals surface area contributed by atoms with Gasteiger partial charge in [0.2, 0.25) is 0 Å². The molecule has 0 radical (unpaired) electrons. The lowest BCUT2D eigenvalue weighted by Gasteiger charge is -2.32. The van der Waals surface area contributed by atoms with Crippen molar-refractivity contribution in [3.05, 3.63) is 15.9 Å². The Bertz CT molecular complexity index is 435. The lowest BCUT2D eigenvalue weighted by molar-refractivity contribution is 0.227.